The summed E-state index contributed by atoms with van der Waals surface area (Å²) < 4.78 is 4.45. The molecule has 1 radical (unpaired) electrons. The summed E-state index contributed by atoms with van der Waals surface area (Å²) in [4.78, 5) is 0. The van der Waals surface area contributed by atoms with Crippen molar-refractivity contribution in [2.45, 2.75) is 20.3 Å². The molecule has 133 valence electrons. The average molecular weight is 351 g/mol. The Labute approximate surface area is 160 Å². The smallest absolute Gasteiger partial charge is 0.0520 e. The summed E-state index contributed by atoms with van der Waals surface area (Å²) in [7, 11) is 4.25. The van der Waals surface area contributed by atoms with Gasteiger partial charge in [0.2, 0.25) is 0 Å². The molecule has 0 unspecified atom stereocenters. The molecule has 0 fully saturated rings. The SMILES string of the molecule is Cc1ccn(C)c1-c1[c]c2c(cc1-c1c(C)ccn1C)-c1ccccc1C2. The maximum atomic E-state index is 3.83. The van der Waals surface area contributed by atoms with Crippen LogP contribution in [-0.2, 0) is 20.5 Å². The molecule has 0 aliphatic heterocycles. The fourth-order valence-electron chi connectivity index (χ4n) is 4.56. The second kappa shape index (κ2) is 5.75. The third-order valence-corrected chi connectivity index (χ3v) is 5.87. The molecule has 0 atom stereocenters. The Kier molecular flexibility index (Phi) is 3.45. The Morgan fingerprint density at radius 1 is 0.778 bits per heavy atom. The van der Waals surface area contributed by atoms with E-state index in [9.17, 15) is 0 Å². The molecule has 0 amide bonds. The van der Waals surface area contributed by atoms with Gasteiger partial charge in [0.15, 0.2) is 0 Å². The summed E-state index contributed by atoms with van der Waals surface area (Å²) >= 11 is 0. The summed E-state index contributed by atoms with van der Waals surface area (Å²) in [6.07, 6.45) is 5.25. The van der Waals surface area contributed by atoms with Crippen LogP contribution in [0.25, 0.3) is 33.6 Å². The molecule has 1 aliphatic rings. The van der Waals surface area contributed by atoms with E-state index in [1.807, 2.05) is 0 Å². The summed E-state index contributed by atoms with van der Waals surface area (Å²) in [5.41, 5.74) is 13.0. The molecule has 2 aromatic carbocycles. The number of benzene rings is 2. The zero-order valence-electron chi connectivity index (χ0n) is 16.3. The molecule has 0 saturated heterocycles. The van der Waals surface area contributed by atoms with E-state index in [1.165, 1.54) is 55.9 Å². The van der Waals surface area contributed by atoms with Crippen LogP contribution in [0.4, 0.5) is 0 Å². The standard InChI is InChI=1S/C25H23N2/c1-16-9-11-26(3)24(16)22-14-19-13-18-7-5-6-8-20(18)21(19)15-23(22)25-17(2)10-12-27(25)4/h5-12,15H,13H2,1-4H3. The van der Waals surface area contributed by atoms with Gasteiger partial charge in [-0.15, -0.1) is 0 Å². The number of aryl methyl sites for hydroxylation is 4. The van der Waals surface area contributed by atoms with E-state index in [4.69, 9.17) is 0 Å². The molecule has 1 aliphatic carbocycles. The molecular formula is C25H23N2. The minimum Gasteiger partial charge on any atom is -0.350 e. The zero-order valence-corrected chi connectivity index (χ0v) is 16.3. The molecular weight excluding hydrogens is 328 g/mol. The first-order valence-electron chi connectivity index (χ1n) is 9.46. The van der Waals surface area contributed by atoms with Gasteiger partial charge in [-0.25, -0.2) is 0 Å². The van der Waals surface area contributed by atoms with Crippen LogP contribution < -0.4 is 0 Å². The molecule has 2 nitrogen and oxygen atoms in total. The number of nitrogens with zero attached hydrogens (tertiary/aromatic N) is 2. The number of aromatic nitrogens is 2. The van der Waals surface area contributed by atoms with Gasteiger partial charge in [0, 0.05) is 37.6 Å². The predicted molar refractivity (Wildman–Crippen MR) is 112 cm³/mol. The molecule has 0 saturated carbocycles. The molecule has 2 heteroatoms. The number of hydrogen-bond donors (Lipinski definition) is 0. The van der Waals surface area contributed by atoms with E-state index < -0.39 is 0 Å². The molecule has 5 rings (SSSR count). The summed E-state index contributed by atoms with van der Waals surface area (Å²) in [6.45, 7) is 4.38. The minimum atomic E-state index is 0.967. The number of fused-ring (bicyclic) bond motifs is 3. The summed E-state index contributed by atoms with van der Waals surface area (Å²) in [6, 6.07) is 19.4. The Balaban J connectivity index is 1.86. The van der Waals surface area contributed by atoms with Crippen LogP contribution in [0.2, 0.25) is 0 Å². The van der Waals surface area contributed by atoms with E-state index in [-0.39, 0.29) is 0 Å². The lowest BCUT2D eigenvalue weighted by atomic mass is 9.92. The van der Waals surface area contributed by atoms with Crippen molar-refractivity contribution in [3.63, 3.8) is 0 Å². The third kappa shape index (κ3) is 2.33. The number of hydrogen-bond acceptors (Lipinski definition) is 0. The lowest BCUT2D eigenvalue weighted by molar-refractivity contribution is 0.925. The highest BCUT2D eigenvalue weighted by Gasteiger charge is 2.24. The van der Waals surface area contributed by atoms with Gasteiger partial charge in [-0.1, -0.05) is 24.3 Å². The van der Waals surface area contributed by atoms with Crippen LogP contribution in [0, 0.1) is 19.9 Å². The fourth-order valence-corrected chi connectivity index (χ4v) is 4.56. The van der Waals surface area contributed by atoms with Crippen molar-refractivity contribution in [3.05, 3.63) is 83.2 Å². The molecule has 0 spiro atoms. The first-order chi connectivity index (χ1) is 13.0. The van der Waals surface area contributed by atoms with E-state index in [2.05, 4.69) is 98.0 Å². The van der Waals surface area contributed by atoms with Crippen molar-refractivity contribution in [2.24, 2.45) is 14.1 Å². The van der Waals surface area contributed by atoms with Gasteiger partial charge in [-0.2, -0.15) is 0 Å². The van der Waals surface area contributed by atoms with Gasteiger partial charge in [0.05, 0.1) is 11.4 Å². The summed E-state index contributed by atoms with van der Waals surface area (Å²) in [5.74, 6) is 0. The highest BCUT2D eigenvalue weighted by atomic mass is 14.9. The lowest BCUT2D eigenvalue weighted by Crippen LogP contribution is -2.00. The minimum absolute atomic E-state index is 0.967. The van der Waals surface area contributed by atoms with E-state index in [0.29, 0.717) is 0 Å². The molecule has 2 heterocycles. The van der Waals surface area contributed by atoms with Crippen molar-refractivity contribution in [1.29, 1.82) is 0 Å². The van der Waals surface area contributed by atoms with E-state index in [0.717, 1.165) is 6.42 Å². The van der Waals surface area contributed by atoms with Gasteiger partial charge in [0.1, 0.15) is 0 Å². The van der Waals surface area contributed by atoms with Crippen LogP contribution in [0.15, 0.2) is 54.9 Å². The molecule has 4 aromatic rings. The monoisotopic (exact) mass is 351 g/mol. The van der Waals surface area contributed by atoms with Crippen LogP contribution >= 0.6 is 0 Å². The maximum Gasteiger partial charge on any atom is 0.0520 e. The van der Waals surface area contributed by atoms with Crippen LogP contribution in [0.5, 0.6) is 0 Å². The summed E-state index contributed by atoms with van der Waals surface area (Å²) in [5, 5.41) is 0. The lowest BCUT2D eigenvalue weighted by Gasteiger charge is -2.17. The normalized spacial score (nSPS) is 12.3. The van der Waals surface area contributed by atoms with Gasteiger partial charge < -0.3 is 9.13 Å². The second-order valence-electron chi connectivity index (χ2n) is 7.70. The Bertz CT molecular complexity index is 1150. The third-order valence-electron chi connectivity index (χ3n) is 5.87. The Morgan fingerprint density at radius 2 is 1.44 bits per heavy atom. The molecule has 27 heavy (non-hydrogen) atoms. The number of rotatable bonds is 2. The zero-order chi connectivity index (χ0) is 18.7. The maximum absolute atomic E-state index is 3.83. The van der Waals surface area contributed by atoms with Gasteiger partial charge in [-0.05, 0) is 77.9 Å². The van der Waals surface area contributed by atoms with Crippen molar-refractivity contribution in [2.75, 3.05) is 0 Å². The van der Waals surface area contributed by atoms with E-state index in [1.54, 1.807) is 0 Å². The van der Waals surface area contributed by atoms with Crippen LogP contribution in [-0.4, -0.2) is 9.13 Å². The van der Waals surface area contributed by atoms with Crippen LogP contribution in [0.3, 0.4) is 0 Å². The topological polar surface area (TPSA) is 9.86 Å². The quantitative estimate of drug-likeness (QED) is 0.387. The molecule has 0 N–H and O–H groups in total. The molecule has 2 aromatic heterocycles. The van der Waals surface area contributed by atoms with E-state index >= 15 is 0 Å². The van der Waals surface area contributed by atoms with Crippen molar-refractivity contribution in [3.8, 4) is 33.6 Å². The van der Waals surface area contributed by atoms with Gasteiger partial charge >= 0.3 is 0 Å². The van der Waals surface area contributed by atoms with Crippen molar-refractivity contribution < 1.29 is 0 Å². The van der Waals surface area contributed by atoms with Gasteiger partial charge in [0.25, 0.3) is 0 Å². The van der Waals surface area contributed by atoms with Crippen molar-refractivity contribution >= 4 is 0 Å². The fraction of sp³-hybridized carbons (Fsp3) is 0.200. The van der Waals surface area contributed by atoms with Crippen LogP contribution in [0.1, 0.15) is 22.3 Å². The average Bonchev–Trinajstić information content (AvgIpc) is 3.29. The second-order valence-corrected chi connectivity index (χ2v) is 7.70. The highest BCUT2D eigenvalue weighted by molar-refractivity contribution is 5.90. The van der Waals surface area contributed by atoms with Crippen molar-refractivity contribution in [1.82, 2.24) is 9.13 Å². The Morgan fingerprint density at radius 3 is 2.11 bits per heavy atom. The first kappa shape index (κ1) is 16.2. The predicted octanol–water partition coefficient (Wildman–Crippen LogP) is 5.69. The first-order valence-corrected chi connectivity index (χ1v) is 9.46. The molecule has 0 bridgehead atoms. The van der Waals surface area contributed by atoms with Gasteiger partial charge in [-0.3, -0.25) is 0 Å². The Hall–Kier alpha value is -3.00. The largest absolute Gasteiger partial charge is 0.350 e. The highest BCUT2D eigenvalue weighted by Crippen LogP contribution is 2.44.